The number of allylic oxidation sites excluding steroid dienone is 3. The van der Waals surface area contributed by atoms with Gasteiger partial charge in [-0.15, -0.1) is 0 Å². The molecular formula is C97H155F9MgO11S2. The quantitative estimate of drug-likeness (QED) is 0.0319. The number of hydrogen-bond acceptors (Lipinski definition) is 11. The Morgan fingerprint density at radius 2 is 0.800 bits per heavy atom. The zero-order valence-corrected chi connectivity index (χ0v) is 74.7. The van der Waals surface area contributed by atoms with Crippen LogP contribution in [0, 0.1) is 123 Å². The molecule has 9 saturated carbocycles. The summed E-state index contributed by atoms with van der Waals surface area (Å²) in [6, 6.07) is 16.7. The third-order valence-electron chi connectivity index (χ3n) is 34.2. The van der Waals surface area contributed by atoms with Crippen molar-refractivity contribution in [1.29, 1.82) is 0 Å². The van der Waals surface area contributed by atoms with Crippen LogP contribution in [-0.2, 0) is 24.4 Å². The van der Waals surface area contributed by atoms with Gasteiger partial charge in [-0.05, 0) is 346 Å². The summed E-state index contributed by atoms with van der Waals surface area (Å²) in [5, 5.41) is 57.6. The second-order valence-electron chi connectivity index (χ2n) is 39.9. The zero-order valence-electron chi connectivity index (χ0n) is 73.6. The Kier molecular flexibility index (Phi) is 36.1. The van der Waals surface area contributed by atoms with Crippen LogP contribution in [0.1, 0.15) is 299 Å². The Labute approximate surface area is 735 Å². The van der Waals surface area contributed by atoms with Crippen LogP contribution in [0.5, 0.6) is 0 Å². The predicted molar refractivity (Wildman–Crippen MR) is 465 cm³/mol. The summed E-state index contributed by atoms with van der Waals surface area (Å²) in [6.07, 6.45) is 17.5. The third kappa shape index (κ3) is 22.6. The maximum Gasteiger partial charge on any atom is 2.00 e. The molecular weight excluding hydrogens is 1600 g/mol. The molecule has 11 nitrogen and oxygen atoms in total. The van der Waals surface area contributed by atoms with Crippen molar-refractivity contribution in [2.75, 3.05) is 19.5 Å². The first-order chi connectivity index (χ1) is 54.4. The molecule has 10 fully saturated rings. The van der Waals surface area contributed by atoms with Crippen LogP contribution in [-0.4, -0.2) is 149 Å². The first-order valence-electron chi connectivity index (χ1n) is 44.9. The smallest absolute Gasteiger partial charge is 1.00 e. The van der Waals surface area contributed by atoms with Gasteiger partial charge in [0.25, 0.3) is 0 Å². The Balaban J connectivity index is 0.000000304. The van der Waals surface area contributed by atoms with E-state index in [2.05, 4.69) is 78.4 Å². The second-order valence-corrected chi connectivity index (χ2v) is 44.3. The summed E-state index contributed by atoms with van der Waals surface area (Å²) < 4.78 is 168. The van der Waals surface area contributed by atoms with Gasteiger partial charge in [-0.1, -0.05) is 169 Å². The van der Waals surface area contributed by atoms with Gasteiger partial charge in [0, 0.05) is 7.11 Å². The van der Waals surface area contributed by atoms with E-state index in [1.807, 2.05) is 25.1 Å². The molecule has 120 heavy (non-hydrogen) atoms. The summed E-state index contributed by atoms with van der Waals surface area (Å²) >= 11 is 0. The molecule has 1 heterocycles. The molecule has 1 unspecified atom stereocenters. The van der Waals surface area contributed by atoms with Crippen LogP contribution in [0.2, 0.25) is 0 Å². The van der Waals surface area contributed by atoms with E-state index >= 15 is 0 Å². The fourth-order valence-electron chi connectivity index (χ4n) is 27.6. The van der Waals surface area contributed by atoms with Gasteiger partial charge in [0.2, 0.25) is 0 Å². The maximum absolute atomic E-state index is 13.6. The van der Waals surface area contributed by atoms with Gasteiger partial charge in [0.1, 0.15) is 6.10 Å². The van der Waals surface area contributed by atoms with Crippen molar-refractivity contribution in [3.63, 3.8) is 0 Å². The second kappa shape index (κ2) is 41.5. The van der Waals surface area contributed by atoms with Gasteiger partial charge >= 0.3 is 41.6 Å². The van der Waals surface area contributed by atoms with Crippen LogP contribution < -0.4 is 0 Å². The molecule has 2 aromatic rings. The Bertz CT molecular complexity index is 3910. The van der Waals surface area contributed by atoms with E-state index in [4.69, 9.17) is 5.11 Å². The van der Waals surface area contributed by atoms with Gasteiger partial charge in [0.05, 0.1) is 44.2 Å². The molecule has 0 spiro atoms. The van der Waals surface area contributed by atoms with E-state index in [-0.39, 0.29) is 95.5 Å². The minimum absolute atomic E-state index is 0. The number of hydrogen-bond donors (Lipinski definition) is 6. The molecule has 1 aliphatic heterocycles. The molecule has 23 heteroatoms. The number of ether oxygens (including phenoxy) is 1. The molecule has 0 radical (unpaired) electrons. The molecule has 0 bridgehead atoms. The zero-order chi connectivity index (χ0) is 84.7. The third-order valence-corrected chi connectivity index (χ3v) is 38.2. The minimum Gasteiger partial charge on any atom is -1.00 e. The van der Waals surface area contributed by atoms with Crippen molar-refractivity contribution < 1.29 is 94.6 Å². The summed E-state index contributed by atoms with van der Waals surface area (Å²) in [5.41, 5.74) is 3.68. The van der Waals surface area contributed by atoms with Crippen molar-refractivity contribution in [3.05, 3.63) is 95.6 Å². The van der Waals surface area contributed by atoms with Gasteiger partial charge in [-0.25, -0.2) is 16.8 Å². The van der Waals surface area contributed by atoms with Gasteiger partial charge < -0.3 is 38.2 Å². The monoisotopic (exact) mass is 1760 g/mol. The summed E-state index contributed by atoms with van der Waals surface area (Å²) in [7, 11) is -6.27. The van der Waals surface area contributed by atoms with Crippen molar-refractivity contribution in [1.82, 2.24) is 0 Å². The Morgan fingerprint density at radius 1 is 0.458 bits per heavy atom. The van der Waals surface area contributed by atoms with E-state index in [9.17, 15) is 81.9 Å². The predicted octanol–water partition coefficient (Wildman–Crippen LogP) is 23.7. The number of alkyl halides is 9. The number of aliphatic hydroxyl groups excluding tert-OH is 3. The van der Waals surface area contributed by atoms with Gasteiger partial charge in [-0.2, -0.15) is 39.5 Å². The molecule has 28 atom stereocenters. The van der Waals surface area contributed by atoms with Crippen molar-refractivity contribution >= 4 is 42.7 Å². The van der Waals surface area contributed by atoms with Gasteiger partial charge in [-0.3, -0.25) is 0 Å². The van der Waals surface area contributed by atoms with E-state index in [1.165, 1.54) is 81.1 Å². The van der Waals surface area contributed by atoms with Crippen LogP contribution >= 0.6 is 0 Å². The van der Waals surface area contributed by atoms with Gasteiger partial charge in [0.15, 0.2) is 31.9 Å². The van der Waals surface area contributed by atoms with Crippen LogP contribution in [0.15, 0.2) is 105 Å². The summed E-state index contributed by atoms with van der Waals surface area (Å²) in [4.78, 5) is 0.473. The number of halogens is 9. The molecule has 15 rings (SSSR count). The molecule has 1 saturated heterocycles. The number of benzene rings is 2. The fraction of sp³-hybridized carbons (Fsp3) is 0.814. The van der Waals surface area contributed by atoms with E-state index in [0.717, 1.165) is 171 Å². The van der Waals surface area contributed by atoms with Crippen LogP contribution in [0.3, 0.4) is 0 Å². The molecule has 6 N–H and O–H groups in total. The van der Waals surface area contributed by atoms with Crippen LogP contribution in [0.25, 0.3) is 0 Å². The number of fused-ring (bicyclic) bond motifs is 15. The normalized spacial score (nSPS) is 37.9. The average Bonchev–Trinajstić information content (AvgIpc) is 1.49. The largest absolute Gasteiger partial charge is 2.00 e. The molecule has 2 aromatic carbocycles. The first-order valence-corrected chi connectivity index (χ1v) is 48.1. The van der Waals surface area contributed by atoms with E-state index < -0.39 is 85.0 Å². The number of aliphatic hydroxyl groups is 6. The average molecular weight is 1760 g/mol. The van der Waals surface area contributed by atoms with Crippen molar-refractivity contribution in [2.24, 2.45) is 123 Å². The maximum atomic E-state index is 13.6. The first kappa shape index (κ1) is 104. The molecule has 686 valence electrons. The topological polar surface area (TPSA) is 202 Å². The molecule has 0 amide bonds. The van der Waals surface area contributed by atoms with Crippen LogP contribution in [0.4, 0.5) is 39.5 Å². The SMILES string of the molecule is C.C.C.CC[C@]1(O)CC[C@H]2C(=CC[C@@H]3[C@@H]2CC[C@]2(C)[C@@H]([C@H](C)CC(C[C@H](O)C(F)(F)F)S(=O)(=O)c4ccccc4)CC[C@@H]32)C1.CC[C@]1(O)CC[C@H]2C(=CC[C@@H]3[C@@H]2CC[C@]2(C)[C@@H]([C@H](C)CCC[C@H](O)C(F)(F)F)CC[C@@H]32)C1.CC[C@]1(O)CC[C@H]2C(=CC[C@@H]3[C@@H]2CC[C@]2(C)[C@@H]([C@H](C)CCS(=O)(=O)c4ccccc4)CC[C@@H]32)C1.CO.FC(F)(F)[C@@H]1CO1.[H-].[H-].[Mg+2]. The minimum atomic E-state index is -4.87. The number of epoxide rings is 1. The Morgan fingerprint density at radius 3 is 1.12 bits per heavy atom. The molecule has 13 aliphatic rings. The fourth-order valence-corrected chi connectivity index (χ4v) is 31.0. The van der Waals surface area contributed by atoms with Crippen molar-refractivity contribution in [3.8, 4) is 0 Å². The number of rotatable bonds is 20. The summed E-state index contributed by atoms with van der Waals surface area (Å²) in [5.74, 6) is 10.6. The standard InChI is InChI=1S/C33H47F3O4S.C30H44O3S.C27H43F3O2.C3H3F3O.CH4O.3CH4.Mg.2H/c1-4-32(38)17-15-25-22(20-32)10-11-27-26(25)14-16-31(3)28(12-13-29(27)31)21(2)18-24(19-30(37)33(34,35)36)41(39,40)23-8-6-5-7-9-23;1-4-30(31)18-15-24-22(20-30)10-11-26-25(24)14-17-29(3)27(12-13-28(26)29)21(2)16-19-34(32,33)23-8-6-5-7-9-23;1-4-26(32)15-13-19-18(16-26)8-9-21-20(19)12-14-25(3)22(10-11-23(21)25)17(2)6-5-7-24(31)27(28,29)30;4-3(5,6)2-1-7-2;1-2;;;;;;/h5-10,21,24-30,37-38H,4,11-20H2,1-3H3;5-10,21,24-28,31H,4,11-20H2,1-3H3;8,17,19-24,31-32H,4-7,9-16H2,1-3H3;2H,1H2;2H,1H3;3*1H4;;;/q;;;;;;;;+2;2*-1/t21-,24?,25+,26-,27-,28-,29+,30+,31-,32+;21-,24+,25-,26-,27-,28+,29-,30+;17-,19+,20-,21-,22-,23+,24+,25-,26+;2-;;;;;;;/m1110......./s1. The Hall–Kier alpha value is -2.58. The molecule has 12 aliphatic carbocycles. The summed E-state index contributed by atoms with van der Waals surface area (Å²) in [6.45, 7) is 20.1. The van der Waals surface area contributed by atoms with E-state index in [0.29, 0.717) is 81.3 Å². The van der Waals surface area contributed by atoms with E-state index in [1.54, 1.807) is 35.9 Å². The molecule has 0 aromatic heterocycles. The van der Waals surface area contributed by atoms with Crippen molar-refractivity contribution in [2.45, 2.75) is 365 Å². The number of sulfone groups is 2.